The highest BCUT2D eigenvalue weighted by Crippen LogP contribution is 2.33. The van der Waals surface area contributed by atoms with Crippen molar-refractivity contribution in [3.8, 4) is 11.5 Å². The van der Waals surface area contributed by atoms with E-state index in [4.69, 9.17) is 9.47 Å². The highest BCUT2D eigenvalue weighted by molar-refractivity contribution is 7.86. The number of benzene rings is 3. The number of aryl methyl sites for hydroxylation is 2. The Labute approximate surface area is 231 Å². The summed E-state index contributed by atoms with van der Waals surface area (Å²) in [5.74, 6) is -2.03. The summed E-state index contributed by atoms with van der Waals surface area (Å²) in [7, 11) is -7.76. The monoisotopic (exact) mass is 610 g/mol. The largest absolute Gasteiger partial charge is 0.495 e. The number of ether oxygens (including phenoxy) is 2. The van der Waals surface area contributed by atoms with Crippen molar-refractivity contribution in [2.75, 3.05) is 25.1 Å². The third-order valence-corrected chi connectivity index (χ3v) is 7.41. The van der Waals surface area contributed by atoms with E-state index in [2.05, 4.69) is 15.6 Å². The summed E-state index contributed by atoms with van der Waals surface area (Å²) in [5.41, 5.74) is 2.32. The van der Waals surface area contributed by atoms with Gasteiger partial charge in [0, 0.05) is 12.1 Å². The quantitative estimate of drug-likeness (QED) is 0.158. The molecule has 218 valence electrons. The summed E-state index contributed by atoms with van der Waals surface area (Å²) in [4.78, 5) is 35.6. The van der Waals surface area contributed by atoms with Gasteiger partial charge in [-0.25, -0.2) is 4.79 Å². The Morgan fingerprint density at radius 1 is 0.756 bits per heavy atom. The number of methoxy groups -OCH3 is 2. The summed E-state index contributed by atoms with van der Waals surface area (Å²) in [6.07, 6.45) is 0. The molecule has 0 aliphatic heterocycles. The highest BCUT2D eigenvalue weighted by atomic mass is 32.2. The first kappa shape index (κ1) is 30.9. The van der Waals surface area contributed by atoms with Gasteiger partial charge in [0.1, 0.15) is 26.6 Å². The van der Waals surface area contributed by atoms with Gasteiger partial charge in [0.25, 0.3) is 20.2 Å². The van der Waals surface area contributed by atoms with E-state index < -0.39 is 74.6 Å². The predicted octanol–water partition coefficient (Wildman–Crippen LogP) is -0.0362. The van der Waals surface area contributed by atoms with Crippen LogP contribution in [0.2, 0.25) is 0 Å². The van der Waals surface area contributed by atoms with Crippen molar-refractivity contribution in [2.45, 2.75) is 23.6 Å². The molecule has 0 aliphatic carbocycles. The van der Waals surface area contributed by atoms with Crippen molar-refractivity contribution in [3.63, 3.8) is 0 Å². The van der Waals surface area contributed by atoms with Crippen LogP contribution in [0.3, 0.4) is 0 Å². The second-order valence-electron chi connectivity index (χ2n) is 8.29. The standard InChI is InChI=1S/C23H22N4O12S2/c1-10-5-13(16(38-3)6-11(10)2)24-26-20-12(23(30)31)7-15(28)21(22(20)29)27-25-14-8-19(41(35,36)37)17(39-4)9-18(14)40(32,33)34/h5-9,24-25H,1-4H3,(H,30,31)(H,32,33,34)(H,35,36,37). The van der Waals surface area contributed by atoms with E-state index in [-0.39, 0.29) is 5.69 Å². The number of nitrogens with zero attached hydrogens (tertiary/aromatic N) is 2. The molecule has 0 fully saturated rings. The first-order valence-electron chi connectivity index (χ1n) is 11.0. The van der Waals surface area contributed by atoms with Crippen LogP contribution in [0, 0.1) is 13.8 Å². The maximum Gasteiger partial charge on any atom is 0.338 e. The number of rotatable bonds is 9. The van der Waals surface area contributed by atoms with Gasteiger partial charge in [-0.15, -0.1) is 0 Å². The van der Waals surface area contributed by atoms with E-state index in [0.717, 1.165) is 18.2 Å². The van der Waals surface area contributed by atoms with Crippen LogP contribution in [0.15, 0.2) is 59.9 Å². The molecule has 3 rings (SSSR count). The third-order valence-electron chi connectivity index (χ3n) is 5.64. The van der Waals surface area contributed by atoms with Crippen LogP contribution in [0.5, 0.6) is 11.5 Å². The van der Waals surface area contributed by atoms with E-state index in [1.807, 2.05) is 12.3 Å². The second-order valence-corrected chi connectivity index (χ2v) is 11.1. The Morgan fingerprint density at radius 2 is 1.29 bits per heavy atom. The van der Waals surface area contributed by atoms with Crippen LogP contribution in [-0.2, 0) is 20.2 Å². The fourth-order valence-electron chi connectivity index (χ4n) is 3.48. The minimum atomic E-state index is -5.08. The molecule has 0 aliphatic rings. The lowest BCUT2D eigenvalue weighted by atomic mass is 10.1. The van der Waals surface area contributed by atoms with Gasteiger partial charge in [0.2, 0.25) is 10.9 Å². The zero-order valence-corrected chi connectivity index (χ0v) is 23.2. The molecule has 0 unspecified atom stereocenters. The molecular weight excluding hydrogens is 588 g/mol. The Morgan fingerprint density at radius 3 is 1.83 bits per heavy atom. The molecule has 5 N–H and O–H groups in total. The summed E-state index contributed by atoms with van der Waals surface area (Å²) in [5, 5.41) is 15.2. The Bertz CT molecular complexity index is 2010. The zero-order chi connectivity index (χ0) is 30.9. The molecule has 0 saturated heterocycles. The molecular formula is C23H22N4O12S2. The summed E-state index contributed by atoms with van der Waals surface area (Å²) in [6.45, 7) is 3.60. The molecule has 3 aromatic carbocycles. The van der Waals surface area contributed by atoms with E-state index in [0.29, 0.717) is 23.9 Å². The van der Waals surface area contributed by atoms with Crippen molar-refractivity contribution < 1.29 is 45.3 Å². The lowest BCUT2D eigenvalue weighted by Gasteiger charge is -2.12. The number of carboxylic acid groups (broad SMARTS) is 1. The summed E-state index contributed by atoms with van der Waals surface area (Å²) < 4.78 is 76.4. The van der Waals surface area contributed by atoms with E-state index >= 15 is 0 Å². The van der Waals surface area contributed by atoms with Crippen molar-refractivity contribution in [2.24, 2.45) is 10.2 Å². The molecule has 3 aromatic rings. The van der Waals surface area contributed by atoms with Crippen LogP contribution in [0.25, 0.3) is 0 Å². The normalized spacial score (nSPS) is 12.7. The summed E-state index contributed by atoms with van der Waals surface area (Å²) in [6, 6.07) is 4.88. The van der Waals surface area contributed by atoms with Gasteiger partial charge in [-0.2, -0.15) is 27.0 Å². The van der Waals surface area contributed by atoms with Crippen molar-refractivity contribution in [1.82, 2.24) is 0 Å². The van der Waals surface area contributed by atoms with Gasteiger partial charge < -0.3 is 14.6 Å². The van der Waals surface area contributed by atoms with E-state index in [1.165, 1.54) is 7.11 Å². The maximum atomic E-state index is 13.2. The topological polar surface area (TPSA) is 247 Å². The molecule has 0 radical (unpaired) electrons. The van der Waals surface area contributed by atoms with E-state index in [1.54, 1.807) is 19.1 Å². The number of hydrogen-bond acceptors (Lipinski definition) is 13. The van der Waals surface area contributed by atoms with Crippen LogP contribution in [0.1, 0.15) is 21.5 Å². The van der Waals surface area contributed by atoms with Crippen LogP contribution >= 0.6 is 0 Å². The Kier molecular flexibility index (Phi) is 8.63. The number of carboxylic acids is 1. The van der Waals surface area contributed by atoms with Crippen molar-refractivity contribution >= 4 is 37.6 Å². The number of hydrogen-bond donors (Lipinski definition) is 5. The fraction of sp³-hybridized carbons (Fsp3) is 0.174. The zero-order valence-electron chi connectivity index (χ0n) is 21.6. The third kappa shape index (κ3) is 6.57. The molecule has 0 saturated carbocycles. The fourth-order valence-corrected chi connectivity index (χ4v) is 4.78. The van der Waals surface area contributed by atoms with Gasteiger partial charge in [-0.3, -0.25) is 29.5 Å². The Hall–Kier alpha value is -4.65. The lowest BCUT2D eigenvalue weighted by Crippen LogP contribution is -2.50. The van der Waals surface area contributed by atoms with Gasteiger partial charge in [0.15, 0.2) is 5.36 Å². The molecule has 0 atom stereocenters. The van der Waals surface area contributed by atoms with Crippen molar-refractivity contribution in [3.05, 3.63) is 78.2 Å². The number of carbonyl (C=O) groups is 1. The molecule has 0 amide bonds. The molecule has 18 heteroatoms. The second kappa shape index (κ2) is 11.5. The van der Waals surface area contributed by atoms with Gasteiger partial charge in [-0.05, 0) is 43.2 Å². The number of nitrogens with one attached hydrogen (secondary N) is 2. The molecule has 16 nitrogen and oxygen atoms in total. The number of aromatic carboxylic acids is 1. The molecule has 0 aromatic heterocycles. The van der Waals surface area contributed by atoms with E-state index in [9.17, 15) is 45.4 Å². The molecule has 41 heavy (non-hydrogen) atoms. The molecule has 0 heterocycles. The minimum absolute atomic E-state index is 0.253. The Balaban J connectivity index is 2.28. The van der Waals surface area contributed by atoms with Crippen LogP contribution < -0.4 is 41.9 Å². The van der Waals surface area contributed by atoms with Gasteiger partial charge in [0.05, 0.1) is 31.2 Å². The summed E-state index contributed by atoms with van der Waals surface area (Å²) >= 11 is 0. The lowest BCUT2D eigenvalue weighted by molar-refractivity contribution is 0.0694. The van der Waals surface area contributed by atoms with Gasteiger partial charge in [-0.1, -0.05) is 0 Å². The number of anilines is 2. The molecule has 0 spiro atoms. The predicted molar refractivity (Wildman–Crippen MR) is 142 cm³/mol. The highest BCUT2D eigenvalue weighted by Gasteiger charge is 2.25. The van der Waals surface area contributed by atoms with Gasteiger partial charge >= 0.3 is 5.97 Å². The average Bonchev–Trinajstić information content (AvgIpc) is 2.87. The first-order chi connectivity index (χ1) is 19.0. The van der Waals surface area contributed by atoms with Crippen molar-refractivity contribution in [1.29, 1.82) is 0 Å². The first-order valence-corrected chi connectivity index (χ1v) is 13.9. The van der Waals surface area contributed by atoms with Crippen LogP contribution in [0.4, 0.5) is 11.4 Å². The average molecular weight is 611 g/mol. The molecule has 0 bridgehead atoms. The smallest absolute Gasteiger partial charge is 0.338 e. The minimum Gasteiger partial charge on any atom is -0.495 e. The van der Waals surface area contributed by atoms with Crippen LogP contribution in [-0.4, -0.2) is 51.2 Å². The SMILES string of the molecule is COc1cc(C)c(C)cc1NN=c1c(C(=O)O)cc(=O)c(=NNc2cc(S(=O)(=O)O)c(OC)cc2S(=O)(=O)O)c1=O. The maximum absolute atomic E-state index is 13.2.